The molecule has 34 heavy (non-hydrogen) atoms. The van der Waals surface area contributed by atoms with Gasteiger partial charge in [-0.1, -0.05) is 45.4 Å². The van der Waals surface area contributed by atoms with Crippen LogP contribution in [0.15, 0.2) is 24.3 Å². The molecule has 3 rings (SSSR count). The Balaban J connectivity index is 1.62. The Kier molecular flexibility index (Phi) is 8.71. The Morgan fingerprint density at radius 3 is 2.47 bits per heavy atom. The lowest BCUT2D eigenvalue weighted by molar-refractivity contribution is -0.276. The molecule has 0 radical (unpaired) electrons. The van der Waals surface area contributed by atoms with Gasteiger partial charge in [0.1, 0.15) is 11.9 Å². The van der Waals surface area contributed by atoms with Gasteiger partial charge in [-0.3, -0.25) is 4.79 Å². The van der Waals surface area contributed by atoms with E-state index in [-0.39, 0.29) is 22.4 Å². The number of hydrogen-bond donors (Lipinski definition) is 0. The molecule has 0 saturated heterocycles. The van der Waals surface area contributed by atoms with Crippen LogP contribution >= 0.6 is 0 Å². The molecule has 0 bridgehead atoms. The van der Waals surface area contributed by atoms with Crippen molar-refractivity contribution < 1.29 is 40.6 Å². The van der Waals surface area contributed by atoms with E-state index in [1.807, 2.05) is 0 Å². The summed E-state index contributed by atoms with van der Waals surface area (Å²) in [6, 6.07) is 3.98. The van der Waals surface area contributed by atoms with Gasteiger partial charge in [-0.25, -0.2) is 13.2 Å². The first-order valence-electron chi connectivity index (χ1n) is 11.6. The zero-order valence-electron chi connectivity index (χ0n) is 18.9. The van der Waals surface area contributed by atoms with Gasteiger partial charge in [-0.15, -0.1) is 13.2 Å². The number of rotatable bonds is 9. The van der Waals surface area contributed by atoms with E-state index in [4.69, 9.17) is 4.74 Å². The number of carbonyl (C=O) groups is 1. The molecule has 1 fully saturated rings. The minimum Gasteiger partial charge on any atom is -0.426 e. The quantitative estimate of drug-likeness (QED) is 0.154. The first-order chi connectivity index (χ1) is 16.1. The van der Waals surface area contributed by atoms with Crippen LogP contribution in [0, 0.1) is 23.5 Å². The summed E-state index contributed by atoms with van der Waals surface area (Å²) in [7, 11) is 0. The second kappa shape index (κ2) is 11.3. The number of benzene rings is 2. The highest BCUT2D eigenvalue weighted by Gasteiger charge is 2.37. The number of hydrogen-bond acceptors (Lipinski definition) is 3. The largest absolute Gasteiger partial charge is 0.573 e. The minimum absolute atomic E-state index is 0.0777. The van der Waals surface area contributed by atoms with E-state index in [0.29, 0.717) is 18.9 Å². The van der Waals surface area contributed by atoms with E-state index in [1.165, 1.54) is 12.8 Å². The van der Waals surface area contributed by atoms with Crippen LogP contribution in [0.25, 0.3) is 10.8 Å². The van der Waals surface area contributed by atoms with Crippen molar-refractivity contribution in [2.45, 2.75) is 77.2 Å². The SMILES string of the molecule is CCCCCCCC1CCC(C(=O)Oc2ccc3c(F)c(OC(F)(F)F)c(F)cc3c2)C(F)C1. The van der Waals surface area contributed by atoms with Crippen molar-refractivity contribution in [3.63, 3.8) is 0 Å². The zero-order chi connectivity index (χ0) is 24.9. The highest BCUT2D eigenvalue weighted by molar-refractivity contribution is 5.87. The molecular formula is C25H28F6O3. The van der Waals surface area contributed by atoms with Gasteiger partial charge in [0, 0.05) is 5.39 Å². The number of fused-ring (bicyclic) bond motifs is 1. The van der Waals surface area contributed by atoms with Gasteiger partial charge in [-0.2, -0.15) is 0 Å². The summed E-state index contributed by atoms with van der Waals surface area (Å²) in [5, 5.41) is -0.471. The Hall–Kier alpha value is -2.45. The Morgan fingerprint density at radius 2 is 1.79 bits per heavy atom. The zero-order valence-corrected chi connectivity index (χ0v) is 18.9. The first-order valence-corrected chi connectivity index (χ1v) is 11.6. The summed E-state index contributed by atoms with van der Waals surface area (Å²) in [4.78, 5) is 12.5. The third-order valence-electron chi connectivity index (χ3n) is 6.29. The van der Waals surface area contributed by atoms with Gasteiger partial charge >= 0.3 is 12.3 Å². The van der Waals surface area contributed by atoms with Crippen LogP contribution in [0.4, 0.5) is 26.3 Å². The molecule has 3 unspecified atom stereocenters. The summed E-state index contributed by atoms with van der Waals surface area (Å²) in [6.07, 6.45) is 1.42. The molecule has 1 aliphatic rings. The highest BCUT2D eigenvalue weighted by atomic mass is 19.4. The lowest BCUT2D eigenvalue weighted by Crippen LogP contribution is -2.34. The minimum atomic E-state index is -5.26. The van der Waals surface area contributed by atoms with Gasteiger partial charge in [0.25, 0.3) is 0 Å². The van der Waals surface area contributed by atoms with E-state index >= 15 is 0 Å². The van der Waals surface area contributed by atoms with Crippen LogP contribution < -0.4 is 9.47 Å². The van der Waals surface area contributed by atoms with Crippen LogP contribution in [0.1, 0.15) is 64.7 Å². The Bertz CT molecular complexity index is 991. The number of esters is 1. The maximum absolute atomic E-state index is 14.7. The molecule has 3 nitrogen and oxygen atoms in total. The van der Waals surface area contributed by atoms with Crippen LogP contribution in [0.2, 0.25) is 0 Å². The van der Waals surface area contributed by atoms with Gasteiger partial charge in [0.15, 0.2) is 11.6 Å². The van der Waals surface area contributed by atoms with Crippen LogP contribution in [0.5, 0.6) is 11.5 Å². The number of alkyl halides is 4. The maximum atomic E-state index is 14.7. The molecule has 0 N–H and O–H groups in total. The van der Waals surface area contributed by atoms with Crippen LogP contribution in [-0.2, 0) is 4.79 Å². The number of unbranched alkanes of at least 4 members (excludes halogenated alkanes) is 4. The normalized spacial score (nSPS) is 21.0. The summed E-state index contributed by atoms with van der Waals surface area (Å²) in [6.45, 7) is 2.14. The molecule has 0 aliphatic heterocycles. The number of halogens is 6. The van der Waals surface area contributed by atoms with Gasteiger partial charge in [-0.05, 0) is 54.8 Å². The molecule has 2 aromatic rings. The van der Waals surface area contributed by atoms with Gasteiger partial charge < -0.3 is 9.47 Å². The van der Waals surface area contributed by atoms with Crippen molar-refractivity contribution in [3.05, 3.63) is 35.9 Å². The van der Waals surface area contributed by atoms with Crippen molar-refractivity contribution in [2.75, 3.05) is 0 Å². The molecule has 0 heterocycles. The smallest absolute Gasteiger partial charge is 0.426 e. The molecule has 188 valence electrons. The summed E-state index contributed by atoms with van der Waals surface area (Å²) in [5.41, 5.74) is 0. The average molecular weight is 490 g/mol. The number of carbonyl (C=O) groups excluding carboxylic acids is 1. The van der Waals surface area contributed by atoms with E-state index in [1.54, 1.807) is 0 Å². The third kappa shape index (κ3) is 6.79. The molecular weight excluding hydrogens is 462 g/mol. The van der Waals surface area contributed by atoms with Crippen LogP contribution in [0.3, 0.4) is 0 Å². The molecule has 9 heteroatoms. The molecule has 2 aromatic carbocycles. The summed E-state index contributed by atoms with van der Waals surface area (Å²) < 4.78 is 89.0. The Labute approximate surface area is 194 Å². The molecule has 0 amide bonds. The van der Waals surface area contributed by atoms with Crippen molar-refractivity contribution in [3.8, 4) is 11.5 Å². The summed E-state index contributed by atoms with van der Waals surface area (Å²) >= 11 is 0. The summed E-state index contributed by atoms with van der Waals surface area (Å²) in [5.74, 6) is -6.18. The molecule has 1 saturated carbocycles. The molecule has 3 atom stereocenters. The van der Waals surface area contributed by atoms with Crippen molar-refractivity contribution >= 4 is 16.7 Å². The lowest BCUT2D eigenvalue weighted by Gasteiger charge is -2.30. The van der Waals surface area contributed by atoms with E-state index in [2.05, 4.69) is 11.7 Å². The lowest BCUT2D eigenvalue weighted by atomic mass is 9.78. The van der Waals surface area contributed by atoms with E-state index in [9.17, 15) is 31.1 Å². The standard InChI is InChI=1S/C25H28F6O3/c1-2-3-4-5-6-7-15-8-10-19(20(26)12-15)24(32)33-17-9-11-18-16(13-17)14-21(27)23(22(18)28)34-25(29,30)31/h9,11,13-15,19-20H,2-8,10,12H2,1H3. The second-order valence-electron chi connectivity index (χ2n) is 8.86. The predicted molar refractivity (Wildman–Crippen MR) is 115 cm³/mol. The monoisotopic (exact) mass is 490 g/mol. The van der Waals surface area contributed by atoms with Crippen molar-refractivity contribution in [2.24, 2.45) is 11.8 Å². The average Bonchev–Trinajstić information content (AvgIpc) is 2.75. The fourth-order valence-corrected chi connectivity index (χ4v) is 4.51. The fourth-order valence-electron chi connectivity index (χ4n) is 4.51. The first kappa shape index (κ1) is 26.2. The van der Waals surface area contributed by atoms with E-state index in [0.717, 1.165) is 50.3 Å². The van der Waals surface area contributed by atoms with Crippen molar-refractivity contribution in [1.29, 1.82) is 0 Å². The van der Waals surface area contributed by atoms with Gasteiger partial charge in [0.2, 0.25) is 5.75 Å². The van der Waals surface area contributed by atoms with Crippen molar-refractivity contribution in [1.82, 2.24) is 0 Å². The molecule has 0 aromatic heterocycles. The Morgan fingerprint density at radius 1 is 1.06 bits per heavy atom. The van der Waals surface area contributed by atoms with Gasteiger partial charge in [0.05, 0.1) is 5.92 Å². The molecule has 0 spiro atoms. The second-order valence-corrected chi connectivity index (χ2v) is 8.86. The third-order valence-corrected chi connectivity index (χ3v) is 6.29. The topological polar surface area (TPSA) is 35.5 Å². The maximum Gasteiger partial charge on any atom is 0.573 e. The molecule has 1 aliphatic carbocycles. The fraction of sp³-hybridized carbons (Fsp3) is 0.560. The van der Waals surface area contributed by atoms with Crippen LogP contribution in [-0.4, -0.2) is 18.5 Å². The number of ether oxygens (including phenoxy) is 2. The predicted octanol–water partition coefficient (Wildman–Crippen LogP) is 8.04. The highest BCUT2D eigenvalue weighted by Crippen LogP contribution is 2.37. The van der Waals surface area contributed by atoms with E-state index < -0.39 is 41.8 Å².